The Balaban J connectivity index is 2.80. The number of nitrogens with one attached hydrogen (secondary N) is 1. The van der Waals surface area contributed by atoms with E-state index < -0.39 is 17.5 Å². The first-order valence-electron chi connectivity index (χ1n) is 5.81. The minimum absolute atomic E-state index is 0.661. The number of para-hydroxylation sites is 1. The van der Waals surface area contributed by atoms with Gasteiger partial charge in [-0.25, -0.2) is 4.79 Å². The smallest absolute Gasteiger partial charge is 0.397 e. The van der Waals surface area contributed by atoms with E-state index >= 15 is 0 Å². The highest BCUT2D eigenvalue weighted by Crippen LogP contribution is 2.19. The zero-order valence-electron chi connectivity index (χ0n) is 11.5. The average molecular weight is 249 g/mol. The molecule has 0 aromatic heterocycles. The van der Waals surface area contributed by atoms with Crippen molar-refractivity contribution in [3.8, 4) is 0 Å². The molecule has 0 spiro atoms. The van der Waals surface area contributed by atoms with Crippen LogP contribution in [-0.2, 0) is 14.3 Å². The van der Waals surface area contributed by atoms with Crippen LogP contribution in [0.4, 0.5) is 5.69 Å². The number of rotatable bonds is 1. The molecule has 1 amide bonds. The van der Waals surface area contributed by atoms with E-state index in [-0.39, 0.29) is 0 Å². The highest BCUT2D eigenvalue weighted by molar-refractivity contribution is 6.37. The SMILES string of the molecule is Cc1cccc(C)c1NC(=O)C(=O)OC(C)(C)C. The van der Waals surface area contributed by atoms with E-state index in [0.29, 0.717) is 5.69 Å². The van der Waals surface area contributed by atoms with Gasteiger partial charge in [0.15, 0.2) is 0 Å². The lowest BCUT2D eigenvalue weighted by Gasteiger charge is -2.19. The van der Waals surface area contributed by atoms with Crippen LogP contribution in [0.1, 0.15) is 31.9 Å². The third kappa shape index (κ3) is 3.87. The summed E-state index contributed by atoms with van der Waals surface area (Å²) < 4.78 is 5.00. The van der Waals surface area contributed by atoms with E-state index in [1.165, 1.54) is 0 Å². The van der Waals surface area contributed by atoms with Crippen molar-refractivity contribution in [1.82, 2.24) is 0 Å². The van der Waals surface area contributed by atoms with Gasteiger partial charge in [-0.15, -0.1) is 0 Å². The van der Waals surface area contributed by atoms with Gasteiger partial charge >= 0.3 is 11.9 Å². The summed E-state index contributed by atoms with van der Waals surface area (Å²) in [4.78, 5) is 23.3. The molecule has 1 aromatic carbocycles. The highest BCUT2D eigenvalue weighted by Gasteiger charge is 2.23. The lowest BCUT2D eigenvalue weighted by Crippen LogP contribution is -2.32. The van der Waals surface area contributed by atoms with E-state index in [1.807, 2.05) is 32.0 Å². The van der Waals surface area contributed by atoms with Gasteiger partial charge in [-0.05, 0) is 45.7 Å². The normalized spacial score (nSPS) is 10.9. The number of hydrogen-bond acceptors (Lipinski definition) is 3. The Morgan fingerprint density at radius 1 is 1.11 bits per heavy atom. The minimum atomic E-state index is -0.870. The zero-order valence-corrected chi connectivity index (χ0v) is 11.5. The van der Waals surface area contributed by atoms with Gasteiger partial charge in [-0.3, -0.25) is 4.79 Å². The minimum Gasteiger partial charge on any atom is -0.453 e. The number of hydrogen-bond donors (Lipinski definition) is 1. The number of amides is 1. The molecule has 0 radical (unpaired) electrons. The van der Waals surface area contributed by atoms with Crippen molar-refractivity contribution in [2.75, 3.05) is 5.32 Å². The number of aryl methyl sites for hydroxylation is 2. The number of anilines is 1. The summed E-state index contributed by atoms with van der Waals surface area (Å²) in [6, 6.07) is 5.64. The third-order valence-corrected chi connectivity index (χ3v) is 2.30. The molecule has 0 aliphatic heterocycles. The van der Waals surface area contributed by atoms with Gasteiger partial charge in [0.25, 0.3) is 0 Å². The predicted octanol–water partition coefficient (Wildman–Crippen LogP) is 2.58. The van der Waals surface area contributed by atoms with Crippen LogP contribution in [0, 0.1) is 13.8 Å². The summed E-state index contributed by atoms with van der Waals surface area (Å²) in [6.45, 7) is 8.90. The second-order valence-corrected chi connectivity index (χ2v) is 5.22. The molecule has 1 N–H and O–H groups in total. The quantitative estimate of drug-likeness (QED) is 0.614. The molecular formula is C14H19NO3. The van der Waals surface area contributed by atoms with Crippen molar-refractivity contribution in [3.05, 3.63) is 29.3 Å². The average Bonchev–Trinajstić information content (AvgIpc) is 2.21. The lowest BCUT2D eigenvalue weighted by atomic mass is 10.1. The standard InChI is InChI=1S/C14H19NO3/c1-9-7-6-8-10(2)11(9)15-12(16)13(17)18-14(3,4)5/h6-8H,1-5H3,(H,15,16). The summed E-state index contributed by atoms with van der Waals surface area (Å²) in [5.41, 5.74) is 1.81. The van der Waals surface area contributed by atoms with Crippen LogP contribution in [0.3, 0.4) is 0 Å². The van der Waals surface area contributed by atoms with Crippen LogP contribution in [0.5, 0.6) is 0 Å². The van der Waals surface area contributed by atoms with Crippen molar-refractivity contribution in [1.29, 1.82) is 0 Å². The first-order valence-corrected chi connectivity index (χ1v) is 5.81. The largest absolute Gasteiger partial charge is 0.453 e. The fourth-order valence-electron chi connectivity index (χ4n) is 1.50. The number of ether oxygens (including phenoxy) is 1. The van der Waals surface area contributed by atoms with Crippen LogP contribution >= 0.6 is 0 Å². The molecule has 0 atom stereocenters. The number of benzene rings is 1. The maximum atomic E-state index is 11.7. The van der Waals surface area contributed by atoms with E-state index in [1.54, 1.807) is 20.8 Å². The molecular weight excluding hydrogens is 230 g/mol. The molecule has 18 heavy (non-hydrogen) atoms. The summed E-state index contributed by atoms with van der Waals surface area (Å²) in [5, 5.41) is 2.59. The van der Waals surface area contributed by atoms with Gasteiger partial charge in [-0.2, -0.15) is 0 Å². The van der Waals surface area contributed by atoms with Crippen molar-refractivity contribution in [2.45, 2.75) is 40.2 Å². The van der Waals surface area contributed by atoms with Crippen molar-refractivity contribution < 1.29 is 14.3 Å². The first kappa shape index (κ1) is 14.2. The summed E-state index contributed by atoms with van der Waals surface area (Å²) >= 11 is 0. The molecule has 98 valence electrons. The second kappa shape index (κ2) is 5.21. The van der Waals surface area contributed by atoms with Gasteiger partial charge in [0.2, 0.25) is 0 Å². The van der Waals surface area contributed by atoms with Gasteiger partial charge in [0.1, 0.15) is 5.60 Å². The lowest BCUT2D eigenvalue weighted by molar-refractivity contribution is -0.161. The summed E-state index contributed by atoms with van der Waals surface area (Å²) in [6.07, 6.45) is 0. The third-order valence-electron chi connectivity index (χ3n) is 2.30. The maximum Gasteiger partial charge on any atom is 0.397 e. The monoisotopic (exact) mass is 249 g/mol. The Morgan fingerprint density at radius 3 is 2.06 bits per heavy atom. The van der Waals surface area contributed by atoms with Gasteiger partial charge in [0.05, 0.1) is 0 Å². The Morgan fingerprint density at radius 2 is 1.61 bits per heavy atom. The van der Waals surface area contributed by atoms with E-state index in [4.69, 9.17) is 4.74 Å². The van der Waals surface area contributed by atoms with Gasteiger partial charge in [0, 0.05) is 5.69 Å². The fourth-order valence-corrected chi connectivity index (χ4v) is 1.50. The number of carbonyl (C=O) groups is 2. The molecule has 1 rings (SSSR count). The van der Waals surface area contributed by atoms with E-state index in [0.717, 1.165) is 11.1 Å². The summed E-state index contributed by atoms with van der Waals surface area (Å²) in [5.74, 6) is -1.62. The molecule has 0 bridgehead atoms. The Bertz CT molecular complexity index is 452. The van der Waals surface area contributed by atoms with Crippen molar-refractivity contribution in [2.24, 2.45) is 0 Å². The molecule has 0 saturated heterocycles. The van der Waals surface area contributed by atoms with Crippen LogP contribution in [-0.4, -0.2) is 17.5 Å². The van der Waals surface area contributed by atoms with Crippen molar-refractivity contribution >= 4 is 17.6 Å². The second-order valence-electron chi connectivity index (χ2n) is 5.22. The Hall–Kier alpha value is -1.84. The Kier molecular flexibility index (Phi) is 4.11. The molecule has 0 aliphatic carbocycles. The number of esters is 1. The van der Waals surface area contributed by atoms with Crippen LogP contribution in [0.15, 0.2) is 18.2 Å². The molecule has 0 saturated carbocycles. The van der Waals surface area contributed by atoms with E-state index in [9.17, 15) is 9.59 Å². The molecule has 1 aromatic rings. The zero-order chi connectivity index (χ0) is 13.9. The molecule has 0 heterocycles. The van der Waals surface area contributed by atoms with Crippen LogP contribution < -0.4 is 5.32 Å². The first-order chi connectivity index (χ1) is 8.20. The van der Waals surface area contributed by atoms with Crippen LogP contribution in [0.2, 0.25) is 0 Å². The maximum absolute atomic E-state index is 11.7. The topological polar surface area (TPSA) is 55.4 Å². The van der Waals surface area contributed by atoms with Crippen LogP contribution in [0.25, 0.3) is 0 Å². The van der Waals surface area contributed by atoms with E-state index in [2.05, 4.69) is 5.32 Å². The van der Waals surface area contributed by atoms with Gasteiger partial charge in [-0.1, -0.05) is 18.2 Å². The fraction of sp³-hybridized carbons (Fsp3) is 0.429. The molecule has 0 unspecified atom stereocenters. The van der Waals surface area contributed by atoms with Crippen molar-refractivity contribution in [3.63, 3.8) is 0 Å². The summed E-state index contributed by atoms with van der Waals surface area (Å²) in [7, 11) is 0. The molecule has 0 aliphatic rings. The number of carbonyl (C=O) groups excluding carboxylic acids is 2. The molecule has 4 heteroatoms. The highest BCUT2D eigenvalue weighted by atomic mass is 16.6. The molecule has 0 fully saturated rings. The van der Waals surface area contributed by atoms with Gasteiger partial charge < -0.3 is 10.1 Å². The molecule has 4 nitrogen and oxygen atoms in total. The predicted molar refractivity (Wildman–Crippen MR) is 70.4 cm³/mol. The Labute approximate surface area is 107 Å².